The molecule has 3 nitrogen and oxygen atoms in total. The monoisotopic (exact) mass is 233 g/mol. The molecule has 0 fully saturated rings. The van der Waals surface area contributed by atoms with Gasteiger partial charge in [0.1, 0.15) is 0 Å². The van der Waals surface area contributed by atoms with E-state index < -0.39 is 0 Å². The Bertz CT molecular complexity index is 442. The van der Waals surface area contributed by atoms with Gasteiger partial charge in [0, 0.05) is 17.4 Å². The summed E-state index contributed by atoms with van der Waals surface area (Å²) < 4.78 is 0. The van der Waals surface area contributed by atoms with Crippen LogP contribution in [0.15, 0.2) is 48.8 Å². The van der Waals surface area contributed by atoms with Gasteiger partial charge in [-0.2, -0.15) is 0 Å². The minimum Gasteiger partial charge on any atom is -0.271 e. The fourth-order valence-electron chi connectivity index (χ4n) is 1.60. The van der Waals surface area contributed by atoms with Crippen molar-refractivity contribution in [2.24, 2.45) is 5.84 Å². The molecule has 0 aliphatic heterocycles. The van der Waals surface area contributed by atoms with Gasteiger partial charge in [-0.3, -0.25) is 10.8 Å². The number of hydrazine groups is 1. The number of rotatable bonds is 3. The van der Waals surface area contributed by atoms with Crippen molar-refractivity contribution in [1.82, 2.24) is 10.4 Å². The molecule has 0 bridgehead atoms. The van der Waals surface area contributed by atoms with Gasteiger partial charge in [0.15, 0.2) is 0 Å². The molecule has 2 rings (SSSR count). The number of aromatic nitrogens is 1. The number of halogens is 1. The summed E-state index contributed by atoms with van der Waals surface area (Å²) >= 11 is 5.84. The number of hydrogen-bond acceptors (Lipinski definition) is 3. The predicted molar refractivity (Wildman–Crippen MR) is 64.9 cm³/mol. The molecule has 1 heterocycles. The van der Waals surface area contributed by atoms with Crippen molar-refractivity contribution in [3.63, 3.8) is 0 Å². The molecule has 2 aromatic rings. The molecule has 82 valence electrons. The van der Waals surface area contributed by atoms with Gasteiger partial charge in [0.2, 0.25) is 0 Å². The van der Waals surface area contributed by atoms with Crippen molar-refractivity contribution < 1.29 is 0 Å². The highest BCUT2D eigenvalue weighted by molar-refractivity contribution is 6.30. The molecule has 0 unspecified atom stereocenters. The lowest BCUT2D eigenvalue weighted by Crippen LogP contribution is -2.28. The lowest BCUT2D eigenvalue weighted by molar-refractivity contribution is 0.636. The Hall–Kier alpha value is -1.42. The first-order valence-corrected chi connectivity index (χ1v) is 5.30. The van der Waals surface area contributed by atoms with Crippen LogP contribution in [-0.2, 0) is 0 Å². The quantitative estimate of drug-likeness (QED) is 0.632. The highest BCUT2D eigenvalue weighted by Gasteiger charge is 2.11. The molecule has 0 spiro atoms. The van der Waals surface area contributed by atoms with E-state index in [1.54, 1.807) is 12.4 Å². The van der Waals surface area contributed by atoms with E-state index in [0.717, 1.165) is 11.1 Å². The number of nitrogens with two attached hydrogens (primary N) is 1. The second-order valence-corrected chi connectivity index (χ2v) is 3.87. The van der Waals surface area contributed by atoms with Crippen LogP contribution in [0, 0.1) is 0 Å². The SMILES string of the molecule is NN[C@H](c1ccncc1)c1ccc(Cl)cc1. The van der Waals surface area contributed by atoms with Gasteiger partial charge in [0.05, 0.1) is 6.04 Å². The summed E-state index contributed by atoms with van der Waals surface area (Å²) in [7, 11) is 0. The average molecular weight is 234 g/mol. The summed E-state index contributed by atoms with van der Waals surface area (Å²) in [5.74, 6) is 5.57. The number of nitrogens with one attached hydrogen (secondary N) is 1. The van der Waals surface area contributed by atoms with Gasteiger partial charge in [-0.1, -0.05) is 23.7 Å². The first-order chi connectivity index (χ1) is 7.81. The molecular formula is C12H12ClN3. The molecule has 0 aliphatic rings. The van der Waals surface area contributed by atoms with Crippen LogP contribution >= 0.6 is 11.6 Å². The van der Waals surface area contributed by atoms with Crippen LogP contribution in [-0.4, -0.2) is 4.98 Å². The normalized spacial score (nSPS) is 12.4. The maximum absolute atomic E-state index is 5.84. The Morgan fingerprint density at radius 2 is 1.56 bits per heavy atom. The van der Waals surface area contributed by atoms with E-state index in [4.69, 9.17) is 17.4 Å². The Kier molecular flexibility index (Phi) is 3.51. The van der Waals surface area contributed by atoms with E-state index in [2.05, 4.69) is 10.4 Å². The molecule has 1 atom stereocenters. The fourth-order valence-corrected chi connectivity index (χ4v) is 1.72. The van der Waals surface area contributed by atoms with Crippen molar-refractivity contribution >= 4 is 11.6 Å². The van der Waals surface area contributed by atoms with Crippen LogP contribution < -0.4 is 11.3 Å². The van der Waals surface area contributed by atoms with Gasteiger partial charge in [0.25, 0.3) is 0 Å². The topological polar surface area (TPSA) is 50.9 Å². The number of benzene rings is 1. The molecule has 0 saturated heterocycles. The van der Waals surface area contributed by atoms with Crippen LogP contribution in [0.25, 0.3) is 0 Å². The van der Waals surface area contributed by atoms with Crippen molar-refractivity contribution in [2.75, 3.05) is 0 Å². The van der Waals surface area contributed by atoms with Gasteiger partial charge in [-0.05, 0) is 35.4 Å². The molecule has 0 amide bonds. The summed E-state index contributed by atoms with van der Waals surface area (Å²) in [6.07, 6.45) is 3.49. The van der Waals surface area contributed by atoms with Gasteiger partial charge >= 0.3 is 0 Å². The Morgan fingerprint density at radius 1 is 1.00 bits per heavy atom. The summed E-state index contributed by atoms with van der Waals surface area (Å²) in [5.41, 5.74) is 4.92. The zero-order valence-electron chi connectivity index (χ0n) is 8.60. The highest BCUT2D eigenvalue weighted by Crippen LogP contribution is 2.21. The van der Waals surface area contributed by atoms with Crippen LogP contribution in [0.2, 0.25) is 5.02 Å². The van der Waals surface area contributed by atoms with Crippen molar-refractivity contribution in [3.05, 3.63) is 64.9 Å². The number of nitrogens with zero attached hydrogens (tertiary/aromatic N) is 1. The maximum Gasteiger partial charge on any atom is 0.0711 e. The molecule has 4 heteroatoms. The molecule has 16 heavy (non-hydrogen) atoms. The van der Waals surface area contributed by atoms with Crippen molar-refractivity contribution in [1.29, 1.82) is 0 Å². The third kappa shape index (κ3) is 2.39. The largest absolute Gasteiger partial charge is 0.271 e. The van der Waals surface area contributed by atoms with Crippen LogP contribution in [0.5, 0.6) is 0 Å². The van der Waals surface area contributed by atoms with Crippen LogP contribution in [0.1, 0.15) is 17.2 Å². The third-order valence-electron chi connectivity index (χ3n) is 2.41. The molecule has 0 aliphatic carbocycles. The van der Waals surface area contributed by atoms with Crippen LogP contribution in [0.4, 0.5) is 0 Å². The van der Waals surface area contributed by atoms with E-state index in [9.17, 15) is 0 Å². The van der Waals surface area contributed by atoms with E-state index >= 15 is 0 Å². The van der Waals surface area contributed by atoms with Crippen LogP contribution in [0.3, 0.4) is 0 Å². The summed E-state index contributed by atoms with van der Waals surface area (Å²) in [5, 5.41) is 0.717. The van der Waals surface area contributed by atoms with Crippen molar-refractivity contribution in [3.8, 4) is 0 Å². The highest BCUT2D eigenvalue weighted by atomic mass is 35.5. The fraction of sp³-hybridized carbons (Fsp3) is 0.0833. The predicted octanol–water partition coefficient (Wildman–Crippen LogP) is 2.29. The third-order valence-corrected chi connectivity index (χ3v) is 2.66. The molecule has 1 aromatic carbocycles. The smallest absolute Gasteiger partial charge is 0.0711 e. The first kappa shape index (κ1) is 11.1. The van der Waals surface area contributed by atoms with Gasteiger partial charge < -0.3 is 0 Å². The Morgan fingerprint density at radius 3 is 2.12 bits per heavy atom. The number of hydrogen-bond donors (Lipinski definition) is 2. The lowest BCUT2D eigenvalue weighted by atomic mass is 10.0. The Balaban J connectivity index is 2.33. The minimum atomic E-state index is -0.0414. The molecular weight excluding hydrogens is 222 g/mol. The second-order valence-electron chi connectivity index (χ2n) is 3.43. The minimum absolute atomic E-state index is 0.0414. The maximum atomic E-state index is 5.84. The van der Waals surface area contributed by atoms with E-state index in [1.165, 1.54) is 0 Å². The summed E-state index contributed by atoms with van der Waals surface area (Å²) in [6.45, 7) is 0. The lowest BCUT2D eigenvalue weighted by Gasteiger charge is -2.16. The van der Waals surface area contributed by atoms with E-state index in [1.807, 2.05) is 36.4 Å². The van der Waals surface area contributed by atoms with Crippen molar-refractivity contribution in [2.45, 2.75) is 6.04 Å². The zero-order chi connectivity index (χ0) is 11.4. The molecule has 0 saturated carbocycles. The Labute approximate surface area is 99.2 Å². The first-order valence-electron chi connectivity index (χ1n) is 4.93. The molecule has 1 aromatic heterocycles. The second kappa shape index (κ2) is 5.07. The summed E-state index contributed by atoms with van der Waals surface area (Å²) in [4.78, 5) is 3.98. The standard InChI is InChI=1S/C12H12ClN3/c13-11-3-1-9(2-4-11)12(16-14)10-5-7-15-8-6-10/h1-8,12,16H,14H2/t12-/m0/s1. The van der Waals surface area contributed by atoms with Gasteiger partial charge in [-0.25, -0.2) is 5.43 Å². The van der Waals surface area contributed by atoms with E-state index in [-0.39, 0.29) is 6.04 Å². The van der Waals surface area contributed by atoms with Gasteiger partial charge in [-0.15, -0.1) is 0 Å². The molecule has 3 N–H and O–H groups in total. The zero-order valence-corrected chi connectivity index (χ0v) is 9.35. The molecule has 0 radical (unpaired) electrons. The summed E-state index contributed by atoms with van der Waals surface area (Å²) in [6, 6.07) is 11.4. The number of pyridine rings is 1. The average Bonchev–Trinajstić information content (AvgIpc) is 2.34. The van der Waals surface area contributed by atoms with E-state index in [0.29, 0.717) is 5.02 Å².